The number of halogens is 1. The molecule has 1 N–H and O–H groups in total. The molecule has 0 bridgehead atoms. The fraction of sp³-hybridized carbons (Fsp3) is 0.538. The molecule has 88 valence electrons. The van der Waals surface area contributed by atoms with E-state index < -0.39 is 0 Å². The standard InChI is InChI=1S/C13H18ClNO/c1-10-8-15(7-6-13(10)16)9-11-2-4-12(14)5-3-11/h2-5,10,13,16H,6-9H2,1H3/t10-,13-/m0/s1. The number of likely N-dealkylation sites (tertiary alicyclic amines) is 1. The van der Waals surface area contributed by atoms with Crippen molar-refractivity contribution in [1.29, 1.82) is 0 Å². The van der Waals surface area contributed by atoms with Crippen LogP contribution in [0.3, 0.4) is 0 Å². The summed E-state index contributed by atoms with van der Waals surface area (Å²) in [5, 5.41) is 10.4. The third-order valence-electron chi connectivity index (χ3n) is 3.26. The van der Waals surface area contributed by atoms with Crippen LogP contribution in [-0.2, 0) is 6.54 Å². The number of nitrogens with zero attached hydrogens (tertiary/aromatic N) is 1. The average molecular weight is 240 g/mol. The molecule has 3 heteroatoms. The molecular formula is C13H18ClNO. The lowest BCUT2D eigenvalue weighted by atomic mass is 9.96. The first-order chi connectivity index (χ1) is 7.65. The molecule has 0 amide bonds. The molecule has 0 aliphatic carbocycles. The molecule has 1 aromatic rings. The average Bonchev–Trinajstić information content (AvgIpc) is 2.27. The van der Waals surface area contributed by atoms with Gasteiger partial charge in [-0.1, -0.05) is 30.7 Å². The third kappa shape index (κ3) is 2.97. The van der Waals surface area contributed by atoms with E-state index in [0.29, 0.717) is 5.92 Å². The second-order valence-electron chi connectivity index (χ2n) is 4.69. The molecule has 2 atom stereocenters. The topological polar surface area (TPSA) is 23.5 Å². The minimum atomic E-state index is -0.124. The number of rotatable bonds is 2. The van der Waals surface area contributed by atoms with E-state index in [1.165, 1.54) is 5.56 Å². The van der Waals surface area contributed by atoms with Crippen LogP contribution in [0, 0.1) is 5.92 Å². The fourth-order valence-corrected chi connectivity index (χ4v) is 2.34. The quantitative estimate of drug-likeness (QED) is 0.858. The number of aliphatic hydroxyl groups is 1. The number of piperidine rings is 1. The Kier molecular flexibility index (Phi) is 3.85. The van der Waals surface area contributed by atoms with E-state index in [1.54, 1.807) is 0 Å². The van der Waals surface area contributed by atoms with Crippen molar-refractivity contribution < 1.29 is 5.11 Å². The third-order valence-corrected chi connectivity index (χ3v) is 3.52. The fourth-order valence-electron chi connectivity index (χ4n) is 2.21. The van der Waals surface area contributed by atoms with Gasteiger partial charge in [0.1, 0.15) is 0 Å². The van der Waals surface area contributed by atoms with Gasteiger partial charge in [-0.25, -0.2) is 0 Å². The normalized spacial score (nSPS) is 26.9. The maximum absolute atomic E-state index is 9.65. The molecule has 0 saturated carbocycles. The zero-order valence-electron chi connectivity index (χ0n) is 9.56. The highest BCUT2D eigenvalue weighted by Crippen LogP contribution is 2.19. The van der Waals surface area contributed by atoms with E-state index in [0.717, 1.165) is 31.1 Å². The highest BCUT2D eigenvalue weighted by Gasteiger charge is 2.23. The Labute approximate surface area is 102 Å². The minimum Gasteiger partial charge on any atom is -0.393 e. The molecule has 1 aromatic carbocycles. The van der Waals surface area contributed by atoms with Gasteiger partial charge in [-0.2, -0.15) is 0 Å². The van der Waals surface area contributed by atoms with Crippen LogP contribution in [0.15, 0.2) is 24.3 Å². The van der Waals surface area contributed by atoms with Crippen LogP contribution in [-0.4, -0.2) is 29.2 Å². The Balaban J connectivity index is 1.93. The molecule has 0 radical (unpaired) electrons. The summed E-state index contributed by atoms with van der Waals surface area (Å²) in [6.45, 7) is 5.02. The van der Waals surface area contributed by atoms with Crippen LogP contribution < -0.4 is 0 Å². The maximum atomic E-state index is 9.65. The van der Waals surface area contributed by atoms with E-state index in [4.69, 9.17) is 11.6 Å². The Morgan fingerprint density at radius 2 is 2.06 bits per heavy atom. The van der Waals surface area contributed by atoms with Crippen molar-refractivity contribution in [3.63, 3.8) is 0 Å². The van der Waals surface area contributed by atoms with Crippen LogP contribution in [0.25, 0.3) is 0 Å². The van der Waals surface area contributed by atoms with Gasteiger partial charge in [0.2, 0.25) is 0 Å². The summed E-state index contributed by atoms with van der Waals surface area (Å²) < 4.78 is 0. The molecule has 1 saturated heterocycles. The van der Waals surface area contributed by atoms with Crippen molar-refractivity contribution >= 4 is 11.6 Å². The number of hydrogen-bond donors (Lipinski definition) is 1. The van der Waals surface area contributed by atoms with Crippen molar-refractivity contribution in [3.8, 4) is 0 Å². The summed E-state index contributed by atoms with van der Waals surface area (Å²) in [6.07, 6.45) is 0.760. The van der Waals surface area contributed by atoms with Crippen LogP contribution in [0.4, 0.5) is 0 Å². The van der Waals surface area contributed by atoms with Gasteiger partial charge in [-0.05, 0) is 30.0 Å². The highest BCUT2D eigenvalue weighted by molar-refractivity contribution is 6.30. The number of benzene rings is 1. The molecule has 1 aliphatic heterocycles. The molecule has 2 nitrogen and oxygen atoms in total. The minimum absolute atomic E-state index is 0.124. The predicted molar refractivity (Wildman–Crippen MR) is 66.5 cm³/mol. The summed E-state index contributed by atoms with van der Waals surface area (Å²) >= 11 is 5.85. The zero-order valence-corrected chi connectivity index (χ0v) is 10.3. The van der Waals surface area contributed by atoms with Crippen molar-refractivity contribution in [3.05, 3.63) is 34.9 Å². The van der Waals surface area contributed by atoms with E-state index >= 15 is 0 Å². The van der Waals surface area contributed by atoms with Crippen molar-refractivity contribution in [1.82, 2.24) is 4.90 Å². The summed E-state index contributed by atoms with van der Waals surface area (Å²) in [6, 6.07) is 7.99. The van der Waals surface area contributed by atoms with Crippen molar-refractivity contribution in [2.45, 2.75) is 26.0 Å². The first-order valence-electron chi connectivity index (χ1n) is 5.80. The summed E-state index contributed by atoms with van der Waals surface area (Å²) in [5.74, 6) is 0.376. The lowest BCUT2D eigenvalue weighted by Crippen LogP contribution is -2.41. The van der Waals surface area contributed by atoms with Crippen LogP contribution in [0.2, 0.25) is 5.02 Å². The molecule has 0 unspecified atom stereocenters. The monoisotopic (exact) mass is 239 g/mol. The first kappa shape index (κ1) is 11.9. The van der Waals surface area contributed by atoms with Crippen molar-refractivity contribution in [2.24, 2.45) is 5.92 Å². The van der Waals surface area contributed by atoms with Gasteiger partial charge >= 0.3 is 0 Å². The van der Waals surface area contributed by atoms with Crippen LogP contribution in [0.1, 0.15) is 18.9 Å². The van der Waals surface area contributed by atoms with Crippen LogP contribution >= 0.6 is 11.6 Å². The number of aliphatic hydroxyl groups excluding tert-OH is 1. The lowest BCUT2D eigenvalue weighted by molar-refractivity contribution is 0.0320. The molecule has 16 heavy (non-hydrogen) atoms. The predicted octanol–water partition coefficient (Wildman–Crippen LogP) is 2.54. The molecular weight excluding hydrogens is 222 g/mol. The Morgan fingerprint density at radius 3 is 2.69 bits per heavy atom. The smallest absolute Gasteiger partial charge is 0.0590 e. The zero-order chi connectivity index (χ0) is 11.5. The summed E-state index contributed by atoms with van der Waals surface area (Å²) in [4.78, 5) is 2.39. The van der Waals surface area contributed by atoms with Crippen LogP contribution in [0.5, 0.6) is 0 Å². The van der Waals surface area contributed by atoms with Gasteiger partial charge in [-0.3, -0.25) is 4.90 Å². The molecule has 1 aliphatic rings. The van der Waals surface area contributed by atoms with Gasteiger partial charge in [-0.15, -0.1) is 0 Å². The van der Waals surface area contributed by atoms with Crippen molar-refractivity contribution in [2.75, 3.05) is 13.1 Å². The van der Waals surface area contributed by atoms with E-state index in [1.807, 2.05) is 12.1 Å². The van der Waals surface area contributed by atoms with Gasteiger partial charge < -0.3 is 5.11 Å². The molecule has 1 heterocycles. The Hall–Kier alpha value is -0.570. The molecule has 2 rings (SSSR count). The largest absolute Gasteiger partial charge is 0.393 e. The van der Waals surface area contributed by atoms with Gasteiger partial charge in [0.05, 0.1) is 6.10 Å². The van der Waals surface area contributed by atoms with E-state index in [2.05, 4.69) is 24.0 Å². The highest BCUT2D eigenvalue weighted by atomic mass is 35.5. The van der Waals surface area contributed by atoms with Gasteiger partial charge in [0.15, 0.2) is 0 Å². The van der Waals surface area contributed by atoms with E-state index in [-0.39, 0.29) is 6.10 Å². The van der Waals surface area contributed by atoms with E-state index in [9.17, 15) is 5.11 Å². The molecule has 0 spiro atoms. The second-order valence-corrected chi connectivity index (χ2v) is 5.13. The number of hydrogen-bond acceptors (Lipinski definition) is 2. The SMILES string of the molecule is C[C@H]1CN(Cc2ccc(Cl)cc2)CC[C@@H]1O. The van der Waals surface area contributed by atoms with Gasteiger partial charge in [0.25, 0.3) is 0 Å². The lowest BCUT2D eigenvalue weighted by Gasteiger charge is -2.34. The molecule has 1 fully saturated rings. The second kappa shape index (κ2) is 5.17. The Bertz CT molecular complexity index is 338. The summed E-state index contributed by atoms with van der Waals surface area (Å²) in [5.41, 5.74) is 1.29. The Morgan fingerprint density at radius 1 is 1.38 bits per heavy atom. The van der Waals surface area contributed by atoms with Gasteiger partial charge in [0, 0.05) is 24.7 Å². The summed E-state index contributed by atoms with van der Waals surface area (Å²) in [7, 11) is 0. The molecule has 0 aromatic heterocycles. The first-order valence-corrected chi connectivity index (χ1v) is 6.18. The maximum Gasteiger partial charge on any atom is 0.0590 e.